The number of ether oxygens (including phenoxy) is 1. The van der Waals surface area contributed by atoms with Gasteiger partial charge in [0.2, 0.25) is 0 Å². The Morgan fingerprint density at radius 1 is 1.11 bits per heavy atom. The van der Waals surface area contributed by atoms with E-state index in [1.807, 2.05) is 24.3 Å². The molecule has 9 heteroatoms. The van der Waals surface area contributed by atoms with E-state index in [0.717, 1.165) is 6.42 Å². The predicted molar refractivity (Wildman–Crippen MR) is 141 cm³/mol. The fourth-order valence-electron chi connectivity index (χ4n) is 4.16. The van der Waals surface area contributed by atoms with Gasteiger partial charge in [0.05, 0.1) is 16.2 Å². The zero-order valence-corrected chi connectivity index (χ0v) is 21.8. The van der Waals surface area contributed by atoms with Gasteiger partial charge in [-0.15, -0.1) is 0 Å². The van der Waals surface area contributed by atoms with E-state index in [1.165, 1.54) is 30.0 Å². The van der Waals surface area contributed by atoms with Crippen LogP contribution in [-0.4, -0.2) is 23.7 Å². The largest absolute Gasteiger partial charge is 0.484 e. The lowest BCUT2D eigenvalue weighted by Gasteiger charge is -2.33. The molecule has 0 saturated carbocycles. The summed E-state index contributed by atoms with van der Waals surface area (Å²) in [6.45, 7) is 10.9. The Morgan fingerprint density at radius 3 is 2.42 bits per heavy atom. The minimum Gasteiger partial charge on any atom is -0.484 e. The fraction of sp³-hybridized carbons (Fsp3) is 0.333. The molecule has 1 heterocycles. The molecule has 0 aliphatic rings. The van der Waals surface area contributed by atoms with Crippen molar-refractivity contribution in [2.24, 2.45) is 10.5 Å². The van der Waals surface area contributed by atoms with Crippen molar-refractivity contribution in [1.82, 2.24) is 5.43 Å². The number of hydrogen-bond donors (Lipinski definition) is 1. The predicted octanol–water partition coefficient (Wildman–Crippen LogP) is 6.75. The van der Waals surface area contributed by atoms with Gasteiger partial charge < -0.3 is 9.15 Å². The van der Waals surface area contributed by atoms with E-state index in [4.69, 9.17) is 20.8 Å². The van der Waals surface area contributed by atoms with Crippen molar-refractivity contribution in [3.05, 3.63) is 81.1 Å². The Morgan fingerprint density at radius 2 is 1.81 bits per heavy atom. The maximum Gasteiger partial charge on any atom is 0.277 e. The molecule has 0 unspecified atom stereocenters. The van der Waals surface area contributed by atoms with E-state index in [9.17, 15) is 14.9 Å². The summed E-state index contributed by atoms with van der Waals surface area (Å²) in [4.78, 5) is 22.4. The number of hydrogen-bond acceptors (Lipinski definition) is 6. The highest BCUT2D eigenvalue weighted by atomic mass is 35.5. The average Bonchev–Trinajstić information content (AvgIpc) is 3.25. The molecule has 3 aromatic rings. The summed E-state index contributed by atoms with van der Waals surface area (Å²) in [5, 5.41) is 14.9. The summed E-state index contributed by atoms with van der Waals surface area (Å²) in [5.41, 5.74) is 4.24. The van der Waals surface area contributed by atoms with Crippen LogP contribution in [0.4, 0.5) is 5.69 Å². The third-order valence-corrected chi connectivity index (χ3v) is 5.73. The second-order valence-corrected chi connectivity index (χ2v) is 10.8. The van der Waals surface area contributed by atoms with Crippen LogP contribution in [-0.2, 0) is 10.2 Å². The molecule has 8 nitrogen and oxygen atoms in total. The van der Waals surface area contributed by atoms with Crippen molar-refractivity contribution in [3.63, 3.8) is 0 Å². The molecule has 0 atom stereocenters. The van der Waals surface area contributed by atoms with E-state index < -0.39 is 10.8 Å². The number of amides is 1. The summed E-state index contributed by atoms with van der Waals surface area (Å²) < 4.78 is 11.2. The average molecular weight is 512 g/mol. The van der Waals surface area contributed by atoms with E-state index in [0.29, 0.717) is 22.8 Å². The van der Waals surface area contributed by atoms with Gasteiger partial charge in [0, 0.05) is 17.7 Å². The first-order chi connectivity index (χ1) is 16.8. The zero-order valence-electron chi connectivity index (χ0n) is 21.0. The molecule has 1 aromatic heterocycles. The van der Waals surface area contributed by atoms with Crippen LogP contribution < -0.4 is 10.2 Å². The first-order valence-electron chi connectivity index (χ1n) is 11.4. The molecule has 0 fully saturated rings. The van der Waals surface area contributed by atoms with Crippen LogP contribution >= 0.6 is 11.6 Å². The van der Waals surface area contributed by atoms with Crippen LogP contribution in [0.15, 0.2) is 64.1 Å². The molecule has 3 rings (SSSR count). The van der Waals surface area contributed by atoms with E-state index in [-0.39, 0.29) is 28.1 Å². The van der Waals surface area contributed by atoms with E-state index in [2.05, 4.69) is 45.1 Å². The van der Waals surface area contributed by atoms with Gasteiger partial charge in [0.1, 0.15) is 17.3 Å². The number of furan rings is 1. The van der Waals surface area contributed by atoms with Crippen LogP contribution in [0.3, 0.4) is 0 Å². The molecule has 1 N–H and O–H groups in total. The Balaban J connectivity index is 1.51. The number of rotatable bonds is 9. The van der Waals surface area contributed by atoms with Gasteiger partial charge in [-0.2, -0.15) is 5.10 Å². The fourth-order valence-corrected chi connectivity index (χ4v) is 4.43. The second kappa shape index (κ2) is 11.0. The number of halogens is 1. The highest BCUT2D eigenvalue weighted by molar-refractivity contribution is 6.33. The standard InChI is InChI=1S/C27H30ClN3O5/c1-26(2,3)17-27(4,5)18-6-9-20(10-7-18)35-16-25(32)30-29-15-21-11-13-24(36-21)22-12-8-19(31(33)34)14-23(22)28/h6-15H,16-17H2,1-5H3,(H,30,32)/b29-15+. The van der Waals surface area contributed by atoms with Gasteiger partial charge in [-0.05, 0) is 53.1 Å². The third-order valence-electron chi connectivity index (χ3n) is 5.41. The number of hydrazone groups is 1. The molecule has 0 aliphatic carbocycles. The number of non-ortho nitro benzene ring substituents is 1. The van der Waals surface area contributed by atoms with Crippen molar-refractivity contribution in [1.29, 1.82) is 0 Å². The quantitative estimate of drug-likeness (QED) is 0.194. The summed E-state index contributed by atoms with van der Waals surface area (Å²) in [7, 11) is 0. The SMILES string of the molecule is CC(C)(C)CC(C)(C)c1ccc(OCC(=O)N/N=C/c2ccc(-c3ccc([N+](=O)[O-])cc3Cl)o2)cc1. The normalized spacial score (nSPS) is 12.1. The lowest BCUT2D eigenvalue weighted by atomic mass is 9.72. The summed E-state index contributed by atoms with van der Waals surface area (Å²) in [6.07, 6.45) is 2.38. The Bertz CT molecular complexity index is 1260. The molecule has 0 aliphatic heterocycles. The maximum atomic E-state index is 12.1. The number of nitrogens with zero attached hydrogens (tertiary/aromatic N) is 2. The number of nitro groups is 1. The van der Waals surface area contributed by atoms with Gasteiger partial charge in [-0.1, -0.05) is 58.4 Å². The van der Waals surface area contributed by atoms with Crippen molar-refractivity contribution in [2.45, 2.75) is 46.5 Å². The van der Waals surface area contributed by atoms with Crippen molar-refractivity contribution >= 4 is 29.4 Å². The van der Waals surface area contributed by atoms with Crippen LogP contribution in [0.2, 0.25) is 5.02 Å². The van der Waals surface area contributed by atoms with Crippen LogP contribution in [0.1, 0.15) is 52.4 Å². The van der Waals surface area contributed by atoms with Crippen LogP contribution in [0.5, 0.6) is 5.75 Å². The molecular weight excluding hydrogens is 482 g/mol. The van der Waals surface area contributed by atoms with Gasteiger partial charge in [-0.3, -0.25) is 14.9 Å². The summed E-state index contributed by atoms with van der Waals surface area (Å²) >= 11 is 6.14. The molecule has 0 spiro atoms. The first kappa shape index (κ1) is 26.9. The van der Waals surface area contributed by atoms with E-state index in [1.54, 1.807) is 12.1 Å². The van der Waals surface area contributed by atoms with Crippen LogP contribution in [0, 0.1) is 15.5 Å². The Hall–Kier alpha value is -3.65. The highest BCUT2D eigenvalue weighted by Gasteiger charge is 2.27. The lowest BCUT2D eigenvalue weighted by Crippen LogP contribution is -2.25. The number of carbonyl (C=O) groups is 1. The molecule has 0 saturated heterocycles. The molecule has 36 heavy (non-hydrogen) atoms. The Labute approximate surface area is 215 Å². The first-order valence-corrected chi connectivity index (χ1v) is 11.8. The molecule has 0 radical (unpaired) electrons. The highest BCUT2D eigenvalue weighted by Crippen LogP contribution is 2.36. The molecule has 190 valence electrons. The monoisotopic (exact) mass is 511 g/mol. The van der Waals surface area contributed by atoms with Crippen LogP contribution in [0.25, 0.3) is 11.3 Å². The number of benzene rings is 2. The van der Waals surface area contributed by atoms with Gasteiger partial charge >= 0.3 is 0 Å². The molecule has 1 amide bonds. The number of nitrogens with one attached hydrogen (secondary N) is 1. The molecular formula is C27H30ClN3O5. The lowest BCUT2D eigenvalue weighted by molar-refractivity contribution is -0.384. The van der Waals surface area contributed by atoms with Gasteiger partial charge in [-0.25, -0.2) is 5.43 Å². The number of carbonyl (C=O) groups excluding carboxylic acids is 1. The maximum absolute atomic E-state index is 12.1. The van der Waals surface area contributed by atoms with E-state index >= 15 is 0 Å². The van der Waals surface area contributed by atoms with Crippen molar-refractivity contribution < 1.29 is 18.9 Å². The second-order valence-electron chi connectivity index (χ2n) is 10.4. The summed E-state index contributed by atoms with van der Waals surface area (Å²) in [6, 6.07) is 15.2. The molecule has 0 bridgehead atoms. The minimum atomic E-state index is -0.522. The molecule has 2 aromatic carbocycles. The Kier molecular flexibility index (Phi) is 8.20. The van der Waals surface area contributed by atoms with Gasteiger partial charge in [0.15, 0.2) is 6.61 Å². The summed E-state index contributed by atoms with van der Waals surface area (Å²) in [5.74, 6) is 0.961. The topological polar surface area (TPSA) is 107 Å². The minimum absolute atomic E-state index is 0.0262. The smallest absolute Gasteiger partial charge is 0.277 e. The third kappa shape index (κ3) is 7.42. The van der Waals surface area contributed by atoms with Gasteiger partial charge in [0.25, 0.3) is 11.6 Å². The van der Waals surface area contributed by atoms with Crippen molar-refractivity contribution in [3.8, 4) is 17.1 Å². The number of nitro benzene ring substituents is 1. The van der Waals surface area contributed by atoms with Crippen molar-refractivity contribution in [2.75, 3.05) is 6.61 Å². The zero-order chi connectivity index (χ0) is 26.5.